The third-order valence-electron chi connectivity index (χ3n) is 19.2. The van der Waals surface area contributed by atoms with Crippen LogP contribution in [0.4, 0.5) is 0 Å². The molecular weight excluding hydrogens is 1290 g/mol. The van der Waals surface area contributed by atoms with E-state index in [1.54, 1.807) is 6.08 Å². The molecular formula is C68H124N2O28. The molecule has 5 rings (SSSR count). The van der Waals surface area contributed by atoms with E-state index in [0.717, 1.165) is 51.9 Å². The number of carbonyl (C=O) groups is 2. The minimum atomic E-state index is -2.17. The Bertz CT molecular complexity index is 2140. The molecule has 30 heteroatoms. The zero-order valence-electron chi connectivity index (χ0n) is 57.8. The van der Waals surface area contributed by atoms with Crippen LogP contribution in [0.3, 0.4) is 0 Å². The van der Waals surface area contributed by atoms with E-state index in [2.05, 4.69) is 24.5 Å². The number of amides is 2. The predicted molar refractivity (Wildman–Crippen MR) is 350 cm³/mol. The Morgan fingerprint density at radius 1 is 0.398 bits per heavy atom. The van der Waals surface area contributed by atoms with Gasteiger partial charge in [-0.1, -0.05) is 180 Å². The molecule has 27 atom stereocenters. The molecule has 5 saturated heterocycles. The quantitative estimate of drug-likeness (QED) is 0.0272. The highest BCUT2D eigenvalue weighted by atomic mass is 16.8. The average Bonchev–Trinajstić information content (AvgIpc) is 0.776. The van der Waals surface area contributed by atoms with E-state index in [1.807, 2.05) is 6.08 Å². The van der Waals surface area contributed by atoms with Crippen LogP contribution in [0.2, 0.25) is 0 Å². The second-order valence-corrected chi connectivity index (χ2v) is 27.1. The van der Waals surface area contributed by atoms with Crippen molar-refractivity contribution in [3.8, 4) is 0 Å². The van der Waals surface area contributed by atoms with E-state index in [0.29, 0.717) is 12.8 Å². The van der Waals surface area contributed by atoms with Gasteiger partial charge in [-0.25, -0.2) is 0 Å². The highest BCUT2D eigenvalue weighted by Crippen LogP contribution is 2.36. The summed E-state index contributed by atoms with van der Waals surface area (Å²) in [4.78, 5) is 26.0. The first-order valence-corrected chi connectivity index (χ1v) is 36.5. The van der Waals surface area contributed by atoms with Crippen molar-refractivity contribution in [2.45, 2.75) is 366 Å². The van der Waals surface area contributed by atoms with Crippen molar-refractivity contribution in [1.29, 1.82) is 0 Å². The maximum absolute atomic E-state index is 13.4. The molecule has 98 heavy (non-hydrogen) atoms. The average molecular weight is 1420 g/mol. The van der Waals surface area contributed by atoms with Crippen LogP contribution >= 0.6 is 0 Å². The lowest BCUT2D eigenvalue weighted by molar-refractivity contribution is -0.389. The Kier molecular flexibility index (Phi) is 41.5. The summed E-state index contributed by atoms with van der Waals surface area (Å²) in [7, 11) is 0. The van der Waals surface area contributed by atoms with Crippen molar-refractivity contribution >= 4 is 11.8 Å². The maximum atomic E-state index is 13.4. The smallest absolute Gasteiger partial charge is 0.220 e. The van der Waals surface area contributed by atoms with E-state index in [4.69, 9.17) is 47.4 Å². The number of carbonyl (C=O) groups excluding carboxylic acids is 2. The van der Waals surface area contributed by atoms with Gasteiger partial charge in [0.05, 0.1) is 51.8 Å². The SMILES string of the molecule is CCCCCCCCCCCCC/C=C/[C@@H](O)[C@H](CO[C@@H]1OC(CO)[C@@H](O[C@@H]2OC(CO)[C@H](O[C@@H]3OC(CO)[C@H](O)[C@H](O[C@@H]4OC(CO)[C@H](O[C@@H]5OC(CO)[C@H](O)[C@H](O)C5O)[C@H](O)C4NC(C)=O)C3O)[C@H](O)C2O)[C@H](O)C1O)NC(=O)CCCCCCCCCCCCCCCCC. The first-order valence-electron chi connectivity index (χ1n) is 36.5. The number of hydrogen-bond acceptors (Lipinski definition) is 28. The zero-order chi connectivity index (χ0) is 71.7. The van der Waals surface area contributed by atoms with Crippen LogP contribution in [0.25, 0.3) is 0 Å². The fourth-order valence-electron chi connectivity index (χ4n) is 13.2. The highest BCUT2D eigenvalue weighted by Gasteiger charge is 2.57. The Balaban J connectivity index is 1.18. The third-order valence-corrected chi connectivity index (χ3v) is 19.2. The molecule has 0 spiro atoms. The lowest BCUT2D eigenvalue weighted by Gasteiger charge is -2.50. The van der Waals surface area contributed by atoms with Crippen molar-refractivity contribution < 1.29 is 139 Å². The molecule has 0 aromatic heterocycles. The molecule has 0 radical (unpaired) electrons. The maximum Gasteiger partial charge on any atom is 0.220 e. The minimum Gasteiger partial charge on any atom is -0.394 e. The molecule has 5 aliphatic rings. The normalized spacial score (nSPS) is 36.1. The van der Waals surface area contributed by atoms with Crippen LogP contribution in [0.5, 0.6) is 0 Å². The molecule has 574 valence electrons. The molecule has 0 saturated carbocycles. The van der Waals surface area contributed by atoms with Crippen LogP contribution in [0, 0.1) is 0 Å². The van der Waals surface area contributed by atoms with Crippen molar-refractivity contribution in [3.05, 3.63) is 12.2 Å². The van der Waals surface area contributed by atoms with Gasteiger partial charge in [-0.05, 0) is 19.3 Å². The highest BCUT2D eigenvalue weighted by molar-refractivity contribution is 5.76. The van der Waals surface area contributed by atoms with Gasteiger partial charge in [-0.15, -0.1) is 0 Å². The van der Waals surface area contributed by atoms with Crippen molar-refractivity contribution in [2.75, 3.05) is 39.6 Å². The Morgan fingerprint density at radius 3 is 1.20 bits per heavy atom. The van der Waals surface area contributed by atoms with Crippen LogP contribution in [-0.4, -0.2) is 299 Å². The summed E-state index contributed by atoms with van der Waals surface area (Å²) in [6.45, 7) is 0.377. The number of hydrogen-bond donors (Lipinski definition) is 18. The zero-order valence-corrected chi connectivity index (χ0v) is 57.8. The van der Waals surface area contributed by atoms with E-state index in [1.165, 1.54) is 116 Å². The Morgan fingerprint density at radius 2 is 0.755 bits per heavy atom. The molecule has 0 aromatic carbocycles. The molecule has 2 amide bonds. The van der Waals surface area contributed by atoms with Crippen LogP contribution in [-0.2, 0) is 57.0 Å². The lowest BCUT2D eigenvalue weighted by atomic mass is 9.94. The van der Waals surface area contributed by atoms with Crippen LogP contribution in [0.15, 0.2) is 12.2 Å². The Hall–Kier alpha value is -2.36. The molecule has 0 aliphatic carbocycles. The van der Waals surface area contributed by atoms with Gasteiger partial charge in [0.1, 0.15) is 122 Å². The summed E-state index contributed by atoms with van der Waals surface area (Å²) in [5.74, 6) is -1.12. The molecule has 30 nitrogen and oxygen atoms in total. The van der Waals surface area contributed by atoms with Crippen molar-refractivity contribution in [1.82, 2.24) is 10.6 Å². The van der Waals surface area contributed by atoms with Gasteiger partial charge in [0.2, 0.25) is 11.8 Å². The topological polar surface area (TPSA) is 474 Å². The number of aliphatic hydroxyl groups is 16. The monoisotopic (exact) mass is 1420 g/mol. The summed E-state index contributed by atoms with van der Waals surface area (Å²) in [6.07, 6.45) is -11.0. The summed E-state index contributed by atoms with van der Waals surface area (Å²) >= 11 is 0. The van der Waals surface area contributed by atoms with Crippen LogP contribution in [0.1, 0.15) is 201 Å². The van der Waals surface area contributed by atoms with E-state index in [-0.39, 0.29) is 12.3 Å². The number of unbranched alkanes of at least 4 members (excludes halogenated alkanes) is 25. The number of rotatable bonds is 48. The second-order valence-electron chi connectivity index (χ2n) is 27.1. The third kappa shape index (κ3) is 27.0. The van der Waals surface area contributed by atoms with Crippen molar-refractivity contribution in [3.63, 3.8) is 0 Å². The predicted octanol–water partition coefficient (Wildman–Crippen LogP) is -0.392. The molecule has 0 aromatic rings. The first kappa shape index (κ1) is 86.3. The molecule has 10 unspecified atom stereocenters. The Labute approximate surface area is 577 Å². The molecule has 18 N–H and O–H groups in total. The molecule has 0 bridgehead atoms. The van der Waals surface area contributed by atoms with Gasteiger partial charge in [-0.3, -0.25) is 9.59 Å². The van der Waals surface area contributed by atoms with Gasteiger partial charge in [0.15, 0.2) is 31.5 Å². The van der Waals surface area contributed by atoms with Gasteiger partial charge < -0.3 is 140 Å². The van der Waals surface area contributed by atoms with Gasteiger partial charge in [0, 0.05) is 13.3 Å². The van der Waals surface area contributed by atoms with Gasteiger partial charge >= 0.3 is 0 Å². The molecule has 5 heterocycles. The fraction of sp³-hybridized carbons (Fsp3) is 0.941. The summed E-state index contributed by atoms with van der Waals surface area (Å²) in [6, 6.07) is -2.74. The van der Waals surface area contributed by atoms with Gasteiger partial charge in [-0.2, -0.15) is 0 Å². The number of aliphatic hydroxyl groups excluding tert-OH is 16. The lowest BCUT2D eigenvalue weighted by Crippen LogP contribution is -2.70. The summed E-state index contributed by atoms with van der Waals surface area (Å²) in [5, 5.41) is 181. The number of nitrogens with one attached hydrogen (secondary N) is 2. The fourth-order valence-corrected chi connectivity index (χ4v) is 13.2. The summed E-state index contributed by atoms with van der Waals surface area (Å²) < 4.78 is 58.2. The standard InChI is InChI=1S/C68H124N2O28/c1-4-6-8-10-12-14-16-18-19-21-23-25-27-29-31-33-48(78)70-41(42(77)32-30-28-26-24-22-20-17-15-13-11-9-7-5-2)39-89-65-57(86)54(83)61(46(37-74)93-65)96-67-58(87)55(84)62(47(38-75)94-67)97-68-59(88)63(51(80)44(35-72)91-68)98-64-49(69-40(3)76)52(81)60(45(36-73)92-64)95-66-56(85)53(82)50(79)43(34-71)90-66/h30,32,41-47,49-68,71-75,77,79-88H,4-29,31,33-39H2,1-3H3,(H,69,76)(H,70,78)/b32-30+/t41-,42+,43?,44?,45?,46?,47?,49?,50-,51-,52+,53-,54+,55+,56?,57?,58?,59?,60-,61+,62-,63-,64-,65+,66-,67-,68-/m0/s1. The number of ether oxygens (including phenoxy) is 10. The van der Waals surface area contributed by atoms with E-state index < -0.39 is 211 Å². The molecule has 5 fully saturated rings. The largest absolute Gasteiger partial charge is 0.394 e. The van der Waals surface area contributed by atoms with Gasteiger partial charge in [0.25, 0.3) is 0 Å². The number of allylic oxidation sites excluding steroid dienone is 1. The van der Waals surface area contributed by atoms with Crippen molar-refractivity contribution in [2.24, 2.45) is 0 Å². The molecule has 5 aliphatic heterocycles. The minimum absolute atomic E-state index is 0.199. The van der Waals surface area contributed by atoms with Crippen LogP contribution < -0.4 is 10.6 Å². The van der Waals surface area contributed by atoms with E-state index >= 15 is 0 Å². The second kappa shape index (κ2) is 47.2. The first-order chi connectivity index (χ1) is 47.2. The summed E-state index contributed by atoms with van der Waals surface area (Å²) in [5.41, 5.74) is 0. The van der Waals surface area contributed by atoms with E-state index in [9.17, 15) is 91.3 Å².